The fourth-order valence-corrected chi connectivity index (χ4v) is 3.25. The standard InChI is InChI=1S/C21H30ClNO2/c1-7-24-16(3)12-15(2)23-11-10-18(14-23)25-20-9-8-17(22)13-19(20)21(4,5)6/h8-9,13,18H,2-3,7,10-12,14H2,1,4-6H3. The van der Waals surface area contributed by atoms with Gasteiger partial charge >= 0.3 is 0 Å². The summed E-state index contributed by atoms with van der Waals surface area (Å²) in [5, 5.41) is 0.744. The summed E-state index contributed by atoms with van der Waals surface area (Å²) >= 11 is 6.18. The normalized spacial score (nSPS) is 17.5. The molecule has 138 valence electrons. The largest absolute Gasteiger partial charge is 0.498 e. The summed E-state index contributed by atoms with van der Waals surface area (Å²) in [6.45, 7) is 19.0. The monoisotopic (exact) mass is 363 g/mol. The maximum atomic E-state index is 6.33. The minimum atomic E-state index is -0.0165. The van der Waals surface area contributed by atoms with Gasteiger partial charge in [-0.05, 0) is 30.5 Å². The van der Waals surface area contributed by atoms with Gasteiger partial charge in [-0.1, -0.05) is 45.5 Å². The summed E-state index contributed by atoms with van der Waals surface area (Å²) in [6.07, 6.45) is 1.81. The lowest BCUT2D eigenvalue weighted by atomic mass is 9.86. The van der Waals surface area contributed by atoms with Gasteiger partial charge in [-0.25, -0.2) is 0 Å². The zero-order valence-corrected chi connectivity index (χ0v) is 16.7. The van der Waals surface area contributed by atoms with Gasteiger partial charge in [0.05, 0.1) is 18.9 Å². The van der Waals surface area contributed by atoms with Crippen LogP contribution in [-0.2, 0) is 10.2 Å². The molecular weight excluding hydrogens is 334 g/mol. The molecule has 0 radical (unpaired) electrons. The van der Waals surface area contributed by atoms with Crippen molar-refractivity contribution in [2.45, 2.75) is 52.1 Å². The second kappa shape index (κ2) is 8.18. The first-order valence-electron chi connectivity index (χ1n) is 8.90. The van der Waals surface area contributed by atoms with Crippen molar-refractivity contribution in [3.8, 4) is 5.75 Å². The quantitative estimate of drug-likeness (QED) is 0.593. The first-order chi connectivity index (χ1) is 11.7. The van der Waals surface area contributed by atoms with Gasteiger partial charge in [0.2, 0.25) is 0 Å². The van der Waals surface area contributed by atoms with Gasteiger partial charge in [0, 0.05) is 35.7 Å². The highest BCUT2D eigenvalue weighted by Crippen LogP contribution is 2.35. The Hall–Kier alpha value is -1.61. The number of benzene rings is 1. The molecule has 0 aromatic heterocycles. The number of rotatable bonds is 7. The SMILES string of the molecule is C=C(CC(=C)N1CCC(Oc2ccc(Cl)cc2C(C)(C)C)C1)OCC. The molecule has 1 heterocycles. The molecule has 0 bridgehead atoms. The molecule has 1 unspecified atom stereocenters. The third kappa shape index (κ3) is 5.43. The van der Waals surface area contributed by atoms with Crippen LogP contribution in [0.5, 0.6) is 5.75 Å². The van der Waals surface area contributed by atoms with E-state index in [1.54, 1.807) is 0 Å². The zero-order valence-electron chi connectivity index (χ0n) is 15.9. The average Bonchev–Trinajstić information content (AvgIpc) is 2.97. The highest BCUT2D eigenvalue weighted by atomic mass is 35.5. The van der Waals surface area contributed by atoms with Gasteiger partial charge < -0.3 is 14.4 Å². The molecule has 0 aliphatic carbocycles. The first-order valence-corrected chi connectivity index (χ1v) is 9.28. The summed E-state index contributed by atoms with van der Waals surface area (Å²) in [4.78, 5) is 2.27. The lowest BCUT2D eigenvalue weighted by Crippen LogP contribution is -2.25. The van der Waals surface area contributed by atoms with Crippen molar-refractivity contribution in [2.75, 3.05) is 19.7 Å². The van der Waals surface area contributed by atoms with E-state index in [4.69, 9.17) is 21.1 Å². The molecule has 25 heavy (non-hydrogen) atoms. The Balaban J connectivity index is 2.00. The fourth-order valence-electron chi connectivity index (χ4n) is 3.08. The van der Waals surface area contributed by atoms with Crippen LogP contribution in [0.2, 0.25) is 5.02 Å². The molecule has 0 amide bonds. The Morgan fingerprint density at radius 1 is 1.32 bits per heavy atom. The van der Waals surface area contributed by atoms with E-state index < -0.39 is 0 Å². The van der Waals surface area contributed by atoms with Gasteiger partial charge in [-0.3, -0.25) is 0 Å². The number of hydrogen-bond acceptors (Lipinski definition) is 3. The molecule has 1 aliphatic rings. The Morgan fingerprint density at radius 2 is 2.04 bits per heavy atom. The van der Waals surface area contributed by atoms with E-state index in [9.17, 15) is 0 Å². The maximum Gasteiger partial charge on any atom is 0.123 e. The van der Waals surface area contributed by atoms with Crippen molar-refractivity contribution in [2.24, 2.45) is 0 Å². The minimum Gasteiger partial charge on any atom is -0.498 e. The van der Waals surface area contributed by atoms with Crippen LogP contribution in [0.1, 0.15) is 46.1 Å². The lowest BCUT2D eigenvalue weighted by molar-refractivity contribution is 0.199. The average molecular weight is 364 g/mol. The molecule has 0 N–H and O–H groups in total. The van der Waals surface area contributed by atoms with E-state index in [1.807, 2.05) is 25.1 Å². The molecule has 1 saturated heterocycles. The van der Waals surface area contributed by atoms with Crippen molar-refractivity contribution in [1.82, 2.24) is 4.90 Å². The summed E-state index contributed by atoms with van der Waals surface area (Å²) in [5.74, 6) is 1.69. The second-order valence-corrected chi connectivity index (χ2v) is 8.02. The number of likely N-dealkylation sites (tertiary alicyclic amines) is 1. The van der Waals surface area contributed by atoms with Gasteiger partial charge in [0.1, 0.15) is 11.9 Å². The molecular formula is C21H30ClNO2. The zero-order chi connectivity index (χ0) is 18.6. The topological polar surface area (TPSA) is 21.7 Å². The van der Waals surface area contributed by atoms with Gasteiger partial charge in [0.25, 0.3) is 0 Å². The molecule has 1 fully saturated rings. The van der Waals surface area contributed by atoms with Crippen LogP contribution >= 0.6 is 11.6 Å². The van der Waals surface area contributed by atoms with E-state index in [1.165, 1.54) is 0 Å². The minimum absolute atomic E-state index is 0.0165. The van der Waals surface area contributed by atoms with E-state index >= 15 is 0 Å². The fraction of sp³-hybridized carbons (Fsp3) is 0.524. The van der Waals surface area contributed by atoms with Crippen molar-refractivity contribution < 1.29 is 9.47 Å². The van der Waals surface area contributed by atoms with Crippen LogP contribution in [0.3, 0.4) is 0 Å². The molecule has 1 aromatic rings. The van der Waals surface area contributed by atoms with E-state index in [-0.39, 0.29) is 11.5 Å². The number of halogens is 1. The predicted molar refractivity (Wildman–Crippen MR) is 105 cm³/mol. The van der Waals surface area contributed by atoms with Crippen molar-refractivity contribution in [3.63, 3.8) is 0 Å². The Morgan fingerprint density at radius 3 is 2.68 bits per heavy atom. The molecule has 4 heteroatoms. The van der Waals surface area contributed by atoms with E-state index in [0.29, 0.717) is 13.0 Å². The summed E-state index contributed by atoms with van der Waals surface area (Å²) < 4.78 is 11.8. The Kier molecular flexibility index (Phi) is 6.45. The Labute approximate surface area is 157 Å². The van der Waals surface area contributed by atoms with Crippen LogP contribution in [0.15, 0.2) is 42.8 Å². The highest BCUT2D eigenvalue weighted by Gasteiger charge is 2.27. The van der Waals surface area contributed by atoms with Crippen molar-refractivity contribution >= 4 is 11.6 Å². The van der Waals surface area contributed by atoms with Crippen LogP contribution in [0.4, 0.5) is 0 Å². The highest BCUT2D eigenvalue weighted by molar-refractivity contribution is 6.30. The van der Waals surface area contributed by atoms with E-state index in [2.05, 4.69) is 38.8 Å². The Bertz CT molecular complexity index is 633. The third-order valence-corrected chi connectivity index (χ3v) is 4.62. The molecule has 1 atom stereocenters. The number of ether oxygens (including phenoxy) is 2. The molecule has 0 saturated carbocycles. The van der Waals surface area contributed by atoms with Crippen LogP contribution in [0.25, 0.3) is 0 Å². The van der Waals surface area contributed by atoms with Crippen LogP contribution in [0, 0.1) is 0 Å². The molecule has 1 aliphatic heterocycles. The third-order valence-electron chi connectivity index (χ3n) is 4.39. The summed E-state index contributed by atoms with van der Waals surface area (Å²) in [6, 6.07) is 5.88. The molecule has 3 nitrogen and oxygen atoms in total. The van der Waals surface area contributed by atoms with Crippen molar-refractivity contribution in [3.05, 3.63) is 53.4 Å². The molecule has 0 spiro atoms. The lowest BCUT2D eigenvalue weighted by Gasteiger charge is -2.26. The van der Waals surface area contributed by atoms with Crippen LogP contribution in [-0.4, -0.2) is 30.7 Å². The van der Waals surface area contributed by atoms with Crippen LogP contribution < -0.4 is 4.74 Å². The maximum absolute atomic E-state index is 6.33. The number of hydrogen-bond donors (Lipinski definition) is 0. The smallest absolute Gasteiger partial charge is 0.123 e. The first kappa shape index (κ1) is 19.7. The van der Waals surface area contributed by atoms with E-state index in [0.717, 1.165) is 47.3 Å². The number of nitrogens with zero attached hydrogens (tertiary/aromatic N) is 1. The molecule has 2 rings (SSSR count). The summed E-state index contributed by atoms with van der Waals surface area (Å²) in [5.41, 5.74) is 2.16. The summed E-state index contributed by atoms with van der Waals surface area (Å²) in [7, 11) is 0. The van der Waals surface area contributed by atoms with Gasteiger partial charge in [-0.2, -0.15) is 0 Å². The van der Waals surface area contributed by atoms with Gasteiger partial charge in [0.15, 0.2) is 0 Å². The predicted octanol–water partition coefficient (Wildman–Crippen LogP) is 5.54. The van der Waals surface area contributed by atoms with Crippen molar-refractivity contribution in [1.29, 1.82) is 0 Å². The van der Waals surface area contributed by atoms with Gasteiger partial charge in [-0.15, -0.1) is 0 Å². The molecule has 1 aromatic carbocycles. The second-order valence-electron chi connectivity index (χ2n) is 7.58.